The first-order valence-electron chi connectivity index (χ1n) is 12.4. The van der Waals surface area contributed by atoms with Crippen LogP contribution in [0.3, 0.4) is 0 Å². The molecule has 2 heterocycles. The van der Waals surface area contributed by atoms with Gasteiger partial charge in [0.05, 0.1) is 19.4 Å². The molecule has 3 aromatic rings. The predicted molar refractivity (Wildman–Crippen MR) is 135 cm³/mol. The number of H-pyrrole nitrogens is 1. The largest absolute Gasteiger partial charge is 0.494 e. The molecule has 34 heavy (non-hydrogen) atoms. The summed E-state index contributed by atoms with van der Waals surface area (Å²) in [6.45, 7) is 5.34. The number of anilines is 3. The molecule has 0 atom stereocenters. The van der Waals surface area contributed by atoms with Gasteiger partial charge in [0.25, 0.3) is 0 Å². The maximum Gasteiger partial charge on any atom is 0.331 e. The molecule has 0 aliphatic heterocycles. The number of hydrogen-bond donors (Lipinski definition) is 5. The van der Waals surface area contributed by atoms with Crippen LogP contribution < -0.4 is 20.4 Å². The summed E-state index contributed by atoms with van der Waals surface area (Å²) in [5.74, 6) is 2.50. The minimum absolute atomic E-state index is 0.340. The van der Waals surface area contributed by atoms with E-state index >= 15 is 0 Å². The highest BCUT2D eigenvalue weighted by atomic mass is 16.5. The van der Waals surface area contributed by atoms with Gasteiger partial charge in [-0.3, -0.25) is 0 Å². The zero-order valence-corrected chi connectivity index (χ0v) is 20.2. The number of aryl methyl sites for hydroxylation is 1. The number of aromatic amines is 1. The molecule has 9 nitrogen and oxygen atoms in total. The normalized spacial score (nSPS) is 14.9. The number of fused-ring (bicyclic) bond motifs is 1. The zero-order chi connectivity index (χ0) is 23.8. The molecule has 0 amide bonds. The Labute approximate surface area is 200 Å². The van der Waals surface area contributed by atoms with Crippen molar-refractivity contribution in [2.24, 2.45) is 0 Å². The number of hydrogen-bond acceptors (Lipinski definition) is 6. The molecule has 9 heteroatoms. The van der Waals surface area contributed by atoms with Crippen LogP contribution in [0.15, 0.2) is 24.5 Å². The third kappa shape index (κ3) is 6.36. The highest BCUT2D eigenvalue weighted by Crippen LogP contribution is 2.28. The molecule has 0 saturated heterocycles. The lowest BCUT2D eigenvalue weighted by Gasteiger charge is -2.23. The minimum atomic E-state index is 0.340. The first-order chi connectivity index (χ1) is 16.6. The van der Waals surface area contributed by atoms with Crippen LogP contribution in [0.2, 0.25) is 0 Å². The van der Waals surface area contributed by atoms with E-state index in [4.69, 9.17) is 9.72 Å². The highest BCUT2D eigenvalue weighted by Gasteiger charge is 2.17. The third-order valence-corrected chi connectivity index (χ3v) is 6.18. The lowest BCUT2D eigenvalue weighted by molar-refractivity contribution is -0.468. The quantitative estimate of drug-likeness (QED) is 0.166. The van der Waals surface area contributed by atoms with Crippen LogP contribution >= 0.6 is 0 Å². The van der Waals surface area contributed by atoms with Gasteiger partial charge in [0, 0.05) is 18.2 Å². The number of aliphatic hydroxyl groups is 1. The molecule has 1 saturated carbocycles. The molecule has 2 aromatic heterocycles. The van der Waals surface area contributed by atoms with E-state index in [0.717, 1.165) is 47.7 Å². The van der Waals surface area contributed by atoms with Crippen molar-refractivity contribution in [2.45, 2.75) is 71.3 Å². The fraction of sp³-hybridized carbons (Fsp3) is 0.520. The first kappa shape index (κ1) is 23.8. The van der Waals surface area contributed by atoms with Crippen LogP contribution in [0.5, 0.6) is 5.75 Å². The molecular formula is C25H36N7O2+. The van der Waals surface area contributed by atoms with E-state index in [0.29, 0.717) is 36.6 Å². The number of nitrogens with zero attached hydrogens (tertiary/aromatic N) is 3. The molecule has 4 rings (SSSR count). The summed E-state index contributed by atoms with van der Waals surface area (Å²) < 4.78 is 5.90. The van der Waals surface area contributed by atoms with E-state index in [1.165, 1.54) is 32.1 Å². The van der Waals surface area contributed by atoms with Crippen molar-refractivity contribution in [3.8, 4) is 5.75 Å². The second-order valence-electron chi connectivity index (χ2n) is 8.86. The lowest BCUT2D eigenvalue weighted by Crippen LogP contribution is -2.73. The number of aliphatic hydroxyl groups excluding tert-OH is 1. The SMILES string of the molecule is CCC(O)=[NH+]CCCCOc1ccc(Nc2nc(NC3CCCCC3)c3[nH]cnc3n2)c(C)c1. The number of nitrogens with one attached hydrogen (secondary N) is 4. The second-order valence-corrected chi connectivity index (χ2v) is 8.86. The Hall–Kier alpha value is -3.36. The van der Waals surface area contributed by atoms with Gasteiger partial charge >= 0.3 is 5.90 Å². The summed E-state index contributed by atoms with van der Waals surface area (Å²) in [6.07, 6.45) is 10.3. The summed E-state index contributed by atoms with van der Waals surface area (Å²) in [5.41, 5.74) is 3.47. The van der Waals surface area contributed by atoms with Crippen LogP contribution in [-0.2, 0) is 0 Å². The predicted octanol–water partition coefficient (Wildman–Crippen LogP) is 3.76. The Balaban J connectivity index is 1.37. The molecule has 0 bridgehead atoms. The topological polar surface area (TPSA) is 122 Å². The van der Waals surface area contributed by atoms with Crippen molar-refractivity contribution in [3.05, 3.63) is 30.1 Å². The van der Waals surface area contributed by atoms with Crippen LogP contribution in [0.4, 0.5) is 17.5 Å². The molecule has 1 aliphatic rings. The van der Waals surface area contributed by atoms with E-state index in [9.17, 15) is 5.11 Å². The Morgan fingerprint density at radius 2 is 2.06 bits per heavy atom. The molecule has 1 fully saturated rings. The van der Waals surface area contributed by atoms with Gasteiger partial charge < -0.3 is 25.5 Å². The summed E-state index contributed by atoms with van der Waals surface area (Å²) in [6, 6.07) is 6.41. The van der Waals surface area contributed by atoms with Gasteiger partial charge in [-0.05, 0) is 49.9 Å². The third-order valence-electron chi connectivity index (χ3n) is 6.18. The van der Waals surface area contributed by atoms with Gasteiger partial charge in [-0.25, -0.2) is 9.98 Å². The molecule has 0 spiro atoms. The maximum atomic E-state index is 9.44. The molecule has 5 N–H and O–H groups in total. The van der Waals surface area contributed by atoms with Gasteiger partial charge in [-0.15, -0.1) is 0 Å². The lowest BCUT2D eigenvalue weighted by atomic mass is 9.95. The van der Waals surface area contributed by atoms with Gasteiger partial charge in [0.1, 0.15) is 17.8 Å². The number of unbranched alkanes of at least 4 members (excludes halogenated alkanes) is 1. The van der Waals surface area contributed by atoms with Gasteiger partial charge in [0.2, 0.25) is 5.95 Å². The van der Waals surface area contributed by atoms with Gasteiger partial charge in [-0.2, -0.15) is 9.97 Å². The summed E-state index contributed by atoms with van der Waals surface area (Å²) in [7, 11) is 0. The van der Waals surface area contributed by atoms with Crippen molar-refractivity contribution in [3.63, 3.8) is 0 Å². The Morgan fingerprint density at radius 3 is 2.85 bits per heavy atom. The van der Waals surface area contributed by atoms with Crippen LogP contribution in [0, 0.1) is 6.92 Å². The van der Waals surface area contributed by atoms with Crippen LogP contribution in [0.1, 0.15) is 63.9 Å². The molecular weight excluding hydrogens is 430 g/mol. The van der Waals surface area contributed by atoms with E-state index in [-0.39, 0.29) is 0 Å². The fourth-order valence-corrected chi connectivity index (χ4v) is 4.20. The summed E-state index contributed by atoms with van der Waals surface area (Å²) >= 11 is 0. The monoisotopic (exact) mass is 466 g/mol. The second kappa shape index (κ2) is 11.7. The number of aromatic nitrogens is 4. The fourth-order valence-electron chi connectivity index (χ4n) is 4.20. The number of rotatable bonds is 11. The van der Waals surface area contributed by atoms with Gasteiger partial charge in [-0.1, -0.05) is 26.2 Å². The molecule has 0 radical (unpaired) electrons. The smallest absolute Gasteiger partial charge is 0.331 e. The molecule has 182 valence electrons. The van der Waals surface area contributed by atoms with Gasteiger partial charge in [0.15, 0.2) is 11.5 Å². The van der Waals surface area contributed by atoms with Crippen molar-refractivity contribution in [2.75, 3.05) is 23.8 Å². The van der Waals surface area contributed by atoms with E-state index < -0.39 is 0 Å². The van der Waals surface area contributed by atoms with Crippen LogP contribution in [0.25, 0.3) is 11.2 Å². The summed E-state index contributed by atoms with van der Waals surface area (Å²) in [5, 5.41) is 16.4. The summed E-state index contributed by atoms with van der Waals surface area (Å²) in [4.78, 5) is 19.9. The van der Waals surface area contributed by atoms with Crippen LogP contribution in [-0.4, -0.2) is 50.1 Å². The van der Waals surface area contributed by atoms with E-state index in [1.807, 2.05) is 32.0 Å². The van der Waals surface area contributed by atoms with Crippen molar-refractivity contribution in [1.82, 2.24) is 19.9 Å². The minimum Gasteiger partial charge on any atom is -0.494 e. The number of ether oxygens (including phenoxy) is 1. The van der Waals surface area contributed by atoms with E-state index in [1.54, 1.807) is 6.33 Å². The Morgan fingerprint density at radius 1 is 1.21 bits per heavy atom. The highest BCUT2D eigenvalue weighted by molar-refractivity contribution is 5.84. The molecule has 0 unspecified atom stereocenters. The van der Waals surface area contributed by atoms with Crippen molar-refractivity contribution >= 4 is 34.5 Å². The standard InChI is InChI=1S/C25H35N7O2/c1-3-21(33)26-13-7-8-14-34-19-11-12-20(17(2)15-19)30-25-31-23-22(27-16-28-23)24(32-25)29-18-9-5-4-6-10-18/h11-12,15-16,18H,3-10,13-14H2,1-2H3,(H,26,33)(H3,27,28,29,30,31,32)/p+1. The number of benzene rings is 1. The average molecular weight is 467 g/mol. The number of imidazole rings is 1. The molecule has 1 aromatic carbocycles. The average Bonchev–Trinajstić information content (AvgIpc) is 3.32. The Bertz CT molecular complexity index is 1110. The first-order valence-corrected chi connectivity index (χ1v) is 12.4. The zero-order valence-electron chi connectivity index (χ0n) is 20.2. The Kier molecular flexibility index (Phi) is 8.17. The molecule has 1 aliphatic carbocycles. The maximum absolute atomic E-state index is 9.44. The van der Waals surface area contributed by atoms with Crippen molar-refractivity contribution < 1.29 is 14.8 Å². The van der Waals surface area contributed by atoms with Crippen molar-refractivity contribution in [1.29, 1.82) is 0 Å². The van der Waals surface area contributed by atoms with E-state index in [2.05, 4.69) is 30.6 Å².